The highest BCUT2D eigenvalue weighted by atomic mass is 32.2. The number of rotatable bonds is 1. The Morgan fingerprint density at radius 2 is 1.92 bits per heavy atom. The van der Waals surface area contributed by atoms with Crippen LogP contribution in [-0.2, 0) is 0 Å². The van der Waals surface area contributed by atoms with E-state index in [1.54, 1.807) is 12.1 Å². The molecule has 0 unspecified atom stereocenters. The van der Waals surface area contributed by atoms with Crippen molar-refractivity contribution in [1.29, 1.82) is 0 Å². The summed E-state index contributed by atoms with van der Waals surface area (Å²) < 4.78 is 35.9. The number of thioether (sulfide) groups is 1. The van der Waals surface area contributed by atoms with Gasteiger partial charge < -0.3 is 0 Å². The number of aryl methyl sites for hydroxylation is 1. The van der Waals surface area contributed by atoms with E-state index in [9.17, 15) is 13.2 Å². The third-order valence-corrected chi connectivity index (χ3v) is 2.67. The molecule has 0 heterocycles. The average molecular weight is 224 g/mol. The monoisotopic (exact) mass is 224 g/mol. The van der Waals surface area contributed by atoms with Crippen LogP contribution in [0.25, 0.3) is 0 Å². The Kier molecular flexibility index (Phi) is 3.18. The van der Waals surface area contributed by atoms with Crippen molar-refractivity contribution >= 4 is 24.4 Å². The number of benzene rings is 1. The van der Waals surface area contributed by atoms with Gasteiger partial charge in [-0.3, -0.25) is 0 Å². The maximum Gasteiger partial charge on any atom is 0.446 e. The minimum Gasteiger partial charge on any atom is -0.160 e. The SMILES string of the molecule is Cc1ccc(SC(F)(F)F)c(S)c1. The molecule has 1 rings (SSSR count). The van der Waals surface area contributed by atoms with E-state index in [0.717, 1.165) is 5.56 Å². The summed E-state index contributed by atoms with van der Waals surface area (Å²) in [5.41, 5.74) is -3.34. The van der Waals surface area contributed by atoms with E-state index < -0.39 is 5.51 Å². The first kappa shape index (κ1) is 10.8. The van der Waals surface area contributed by atoms with Crippen molar-refractivity contribution in [2.24, 2.45) is 0 Å². The fraction of sp³-hybridized carbons (Fsp3) is 0.250. The van der Waals surface area contributed by atoms with Gasteiger partial charge in [0.15, 0.2) is 0 Å². The Morgan fingerprint density at radius 3 is 2.38 bits per heavy atom. The lowest BCUT2D eigenvalue weighted by molar-refractivity contribution is -0.0328. The fourth-order valence-corrected chi connectivity index (χ4v) is 1.80. The van der Waals surface area contributed by atoms with Gasteiger partial charge in [0.05, 0.1) is 0 Å². The minimum atomic E-state index is -4.24. The van der Waals surface area contributed by atoms with Crippen LogP contribution in [0.1, 0.15) is 5.56 Å². The standard InChI is InChI=1S/C8H7F3S2/c1-5-2-3-7(6(12)4-5)13-8(9,10)11/h2-4,12H,1H3. The lowest BCUT2D eigenvalue weighted by Gasteiger charge is -2.07. The largest absolute Gasteiger partial charge is 0.446 e. The van der Waals surface area contributed by atoms with Crippen LogP contribution in [0, 0.1) is 6.92 Å². The summed E-state index contributed by atoms with van der Waals surface area (Å²) in [5.74, 6) is 0. The van der Waals surface area contributed by atoms with Crippen molar-refractivity contribution in [3.05, 3.63) is 23.8 Å². The second kappa shape index (κ2) is 3.84. The second-order valence-electron chi connectivity index (χ2n) is 2.52. The minimum absolute atomic E-state index is 0.140. The maximum absolute atomic E-state index is 12.0. The first-order valence-corrected chi connectivity index (χ1v) is 4.70. The summed E-state index contributed by atoms with van der Waals surface area (Å²) >= 11 is 3.82. The smallest absolute Gasteiger partial charge is 0.160 e. The zero-order chi connectivity index (χ0) is 10.1. The molecule has 1 aromatic rings. The molecule has 0 spiro atoms. The molecular weight excluding hydrogens is 217 g/mol. The van der Waals surface area contributed by atoms with E-state index in [4.69, 9.17) is 0 Å². The molecule has 0 N–H and O–H groups in total. The van der Waals surface area contributed by atoms with Gasteiger partial charge in [0.1, 0.15) is 0 Å². The predicted molar refractivity (Wildman–Crippen MR) is 50.3 cm³/mol. The number of alkyl halides is 3. The van der Waals surface area contributed by atoms with Gasteiger partial charge in [0.25, 0.3) is 0 Å². The van der Waals surface area contributed by atoms with Crippen LogP contribution in [0.2, 0.25) is 0 Å². The molecular formula is C8H7F3S2. The normalized spacial score (nSPS) is 11.8. The van der Waals surface area contributed by atoms with E-state index >= 15 is 0 Å². The second-order valence-corrected chi connectivity index (χ2v) is 4.11. The number of thiol groups is 1. The molecule has 0 aliphatic carbocycles. The van der Waals surface area contributed by atoms with Crippen LogP contribution in [0.4, 0.5) is 13.2 Å². The first-order valence-electron chi connectivity index (χ1n) is 3.44. The highest BCUT2D eigenvalue weighted by molar-refractivity contribution is 8.00. The summed E-state index contributed by atoms with van der Waals surface area (Å²) in [6.07, 6.45) is 0. The molecule has 5 heteroatoms. The number of halogens is 3. The molecule has 0 aliphatic rings. The van der Waals surface area contributed by atoms with Crippen LogP contribution in [0.5, 0.6) is 0 Å². The molecule has 0 saturated heterocycles. The molecule has 0 aromatic heterocycles. The van der Waals surface area contributed by atoms with Gasteiger partial charge in [-0.25, -0.2) is 0 Å². The van der Waals surface area contributed by atoms with Crippen molar-refractivity contribution in [2.75, 3.05) is 0 Å². The van der Waals surface area contributed by atoms with E-state index in [-0.39, 0.29) is 16.7 Å². The Labute approximate surface area is 83.9 Å². The van der Waals surface area contributed by atoms with Gasteiger partial charge in [-0.1, -0.05) is 6.07 Å². The van der Waals surface area contributed by atoms with Gasteiger partial charge in [0.2, 0.25) is 0 Å². The Bertz CT molecular complexity index is 307. The molecule has 0 amide bonds. The van der Waals surface area contributed by atoms with Crippen molar-refractivity contribution in [3.8, 4) is 0 Å². The summed E-state index contributed by atoms with van der Waals surface area (Å²) in [7, 11) is 0. The molecule has 0 nitrogen and oxygen atoms in total. The average Bonchev–Trinajstić information content (AvgIpc) is 1.93. The molecule has 0 aliphatic heterocycles. The van der Waals surface area contributed by atoms with Gasteiger partial charge >= 0.3 is 5.51 Å². The summed E-state index contributed by atoms with van der Waals surface area (Å²) in [6.45, 7) is 1.81. The predicted octanol–water partition coefficient (Wildman–Crippen LogP) is 3.90. The Morgan fingerprint density at radius 1 is 1.31 bits per heavy atom. The van der Waals surface area contributed by atoms with Crippen LogP contribution < -0.4 is 0 Å². The summed E-state index contributed by atoms with van der Waals surface area (Å²) in [4.78, 5) is 0.503. The van der Waals surface area contributed by atoms with Gasteiger partial charge in [-0.05, 0) is 36.4 Å². The number of hydrogen-bond acceptors (Lipinski definition) is 2. The molecule has 0 atom stereocenters. The maximum atomic E-state index is 12.0. The highest BCUT2D eigenvalue weighted by Crippen LogP contribution is 2.39. The van der Waals surface area contributed by atoms with Crippen LogP contribution in [0.15, 0.2) is 28.0 Å². The van der Waals surface area contributed by atoms with Crippen LogP contribution in [0.3, 0.4) is 0 Å². The molecule has 72 valence electrons. The lowest BCUT2D eigenvalue weighted by atomic mass is 10.2. The first-order chi connectivity index (χ1) is 5.88. The van der Waals surface area contributed by atoms with Crippen molar-refractivity contribution in [2.45, 2.75) is 22.2 Å². The van der Waals surface area contributed by atoms with E-state index in [1.165, 1.54) is 6.07 Å². The summed E-state index contributed by atoms with van der Waals surface area (Å²) in [5, 5.41) is 0. The van der Waals surface area contributed by atoms with E-state index in [0.29, 0.717) is 4.90 Å². The van der Waals surface area contributed by atoms with Crippen molar-refractivity contribution in [1.82, 2.24) is 0 Å². The molecule has 0 bridgehead atoms. The lowest BCUT2D eigenvalue weighted by Crippen LogP contribution is -1.99. The summed E-state index contributed by atoms with van der Waals surface area (Å²) in [6, 6.07) is 4.67. The Hall–Kier alpha value is -0.290. The van der Waals surface area contributed by atoms with Crippen LogP contribution in [-0.4, -0.2) is 5.51 Å². The molecule has 0 fully saturated rings. The fourth-order valence-electron chi connectivity index (χ4n) is 0.838. The zero-order valence-electron chi connectivity index (χ0n) is 6.72. The van der Waals surface area contributed by atoms with E-state index in [2.05, 4.69) is 12.6 Å². The third kappa shape index (κ3) is 3.52. The van der Waals surface area contributed by atoms with Crippen molar-refractivity contribution < 1.29 is 13.2 Å². The molecule has 0 saturated carbocycles. The topological polar surface area (TPSA) is 0 Å². The van der Waals surface area contributed by atoms with Gasteiger partial charge in [-0.15, -0.1) is 12.6 Å². The number of hydrogen-bond donors (Lipinski definition) is 1. The molecule has 1 aromatic carbocycles. The van der Waals surface area contributed by atoms with Crippen LogP contribution >= 0.6 is 24.4 Å². The third-order valence-electron chi connectivity index (χ3n) is 1.34. The quantitative estimate of drug-likeness (QED) is 0.557. The zero-order valence-corrected chi connectivity index (χ0v) is 8.43. The highest BCUT2D eigenvalue weighted by Gasteiger charge is 2.29. The Balaban J connectivity index is 2.90. The van der Waals surface area contributed by atoms with E-state index in [1.807, 2.05) is 6.92 Å². The van der Waals surface area contributed by atoms with Gasteiger partial charge in [-0.2, -0.15) is 13.2 Å². The molecule has 0 radical (unpaired) electrons. The molecule has 13 heavy (non-hydrogen) atoms. The van der Waals surface area contributed by atoms with Gasteiger partial charge in [0, 0.05) is 9.79 Å². The van der Waals surface area contributed by atoms with Crippen molar-refractivity contribution in [3.63, 3.8) is 0 Å².